The summed E-state index contributed by atoms with van der Waals surface area (Å²) in [6, 6.07) is 5.30. The number of aryl methyl sites for hydroxylation is 2. The number of halogens is 2. The highest BCUT2D eigenvalue weighted by Crippen LogP contribution is 2.57. The Kier molecular flexibility index (Phi) is 6.18. The number of carbonyl (C=O) groups excluding carboxylic acids is 1. The van der Waals surface area contributed by atoms with Gasteiger partial charge in [0.1, 0.15) is 23.2 Å². The fourth-order valence-electron chi connectivity index (χ4n) is 6.83. The van der Waals surface area contributed by atoms with Crippen LogP contribution in [-0.4, -0.2) is 54.0 Å². The second kappa shape index (κ2) is 9.34. The van der Waals surface area contributed by atoms with E-state index < -0.39 is 23.4 Å². The Balaban J connectivity index is 1.16. The Labute approximate surface area is 229 Å². The van der Waals surface area contributed by atoms with Gasteiger partial charge in [-0.3, -0.25) is 9.48 Å². The maximum absolute atomic E-state index is 13.5. The zero-order valence-corrected chi connectivity index (χ0v) is 22.4. The lowest BCUT2D eigenvalue weighted by molar-refractivity contribution is -0.140. The van der Waals surface area contributed by atoms with E-state index in [0.717, 1.165) is 18.5 Å². The number of nitrogens with zero attached hydrogens (tertiary/aromatic N) is 5. The zero-order chi connectivity index (χ0) is 27.6. The van der Waals surface area contributed by atoms with Crippen molar-refractivity contribution < 1.29 is 24.2 Å². The van der Waals surface area contributed by atoms with Crippen molar-refractivity contribution in [1.82, 2.24) is 19.3 Å². The highest BCUT2D eigenvalue weighted by atomic mass is 35.5. The molecule has 206 valence electrons. The smallest absolute Gasteiger partial charge is 0.326 e. The van der Waals surface area contributed by atoms with Crippen molar-refractivity contribution in [2.75, 3.05) is 16.8 Å². The van der Waals surface area contributed by atoms with Gasteiger partial charge in [-0.1, -0.05) is 11.6 Å². The maximum Gasteiger partial charge on any atom is 0.326 e. The average molecular weight is 557 g/mol. The monoisotopic (exact) mass is 556 g/mol. The van der Waals surface area contributed by atoms with Gasteiger partial charge in [0.2, 0.25) is 0 Å². The van der Waals surface area contributed by atoms with Crippen molar-refractivity contribution >= 4 is 35.0 Å². The normalized spacial score (nSPS) is 27.9. The van der Waals surface area contributed by atoms with E-state index in [-0.39, 0.29) is 28.7 Å². The van der Waals surface area contributed by atoms with E-state index in [1.54, 1.807) is 34.6 Å². The number of benzene rings is 1. The van der Waals surface area contributed by atoms with Crippen LogP contribution in [-0.2, 0) is 24.5 Å². The molecular weight excluding hydrogens is 527 g/mol. The molecule has 2 saturated carbocycles. The summed E-state index contributed by atoms with van der Waals surface area (Å²) < 4.78 is 16.9. The number of carboxylic acids is 1. The zero-order valence-electron chi connectivity index (χ0n) is 21.6. The van der Waals surface area contributed by atoms with Crippen molar-refractivity contribution in [2.45, 2.75) is 49.7 Å². The number of amides is 1. The molecule has 3 unspecified atom stereocenters. The first-order valence-electron chi connectivity index (χ1n) is 13.1. The molecule has 6 rings (SSSR count). The molecule has 1 aliphatic heterocycles. The van der Waals surface area contributed by atoms with Gasteiger partial charge in [0.15, 0.2) is 5.82 Å². The number of hydrogen-bond acceptors (Lipinski definition) is 6. The molecule has 0 bridgehead atoms. The first-order chi connectivity index (χ1) is 18.5. The number of anilines is 2. The van der Waals surface area contributed by atoms with Gasteiger partial charge in [-0.25, -0.2) is 14.2 Å². The number of imidazole rings is 1. The third kappa shape index (κ3) is 4.37. The van der Waals surface area contributed by atoms with Crippen LogP contribution < -0.4 is 10.2 Å². The first-order valence-corrected chi connectivity index (χ1v) is 13.5. The molecule has 0 radical (unpaired) electrons. The lowest BCUT2D eigenvalue weighted by atomic mass is 9.90. The van der Waals surface area contributed by atoms with Crippen molar-refractivity contribution in [2.24, 2.45) is 25.9 Å². The Morgan fingerprint density at radius 2 is 1.90 bits per heavy atom. The quantitative estimate of drug-likeness (QED) is 0.423. The summed E-state index contributed by atoms with van der Waals surface area (Å²) in [4.78, 5) is 31.0. The number of hydrogen-bond donors (Lipinski definition) is 3. The van der Waals surface area contributed by atoms with Crippen LogP contribution in [0.5, 0.6) is 0 Å². The first kappa shape index (κ1) is 25.8. The molecule has 0 spiro atoms. The van der Waals surface area contributed by atoms with Crippen LogP contribution in [0.2, 0.25) is 5.02 Å². The molecule has 1 saturated heterocycles. The van der Waals surface area contributed by atoms with Crippen LogP contribution in [0, 0.1) is 17.7 Å². The van der Waals surface area contributed by atoms with Gasteiger partial charge in [0, 0.05) is 38.3 Å². The van der Waals surface area contributed by atoms with Gasteiger partial charge < -0.3 is 25.0 Å². The molecule has 39 heavy (non-hydrogen) atoms. The predicted molar refractivity (Wildman–Crippen MR) is 141 cm³/mol. The van der Waals surface area contributed by atoms with Gasteiger partial charge in [-0.15, -0.1) is 0 Å². The number of carbonyl (C=O) groups is 2. The fraction of sp³-hybridized carbons (Fsp3) is 0.481. The number of nitrogens with one attached hydrogen (secondary N) is 1. The van der Waals surface area contributed by atoms with Crippen LogP contribution in [0.1, 0.15) is 59.9 Å². The van der Waals surface area contributed by atoms with Crippen molar-refractivity contribution in [3.8, 4) is 0 Å². The largest absolute Gasteiger partial charge is 0.480 e. The molecule has 3 N–H and O–H groups in total. The van der Waals surface area contributed by atoms with Gasteiger partial charge in [0.05, 0.1) is 22.7 Å². The topological polar surface area (TPSA) is 126 Å². The minimum absolute atomic E-state index is 0.0683. The Hall–Kier alpha value is -3.44. The summed E-state index contributed by atoms with van der Waals surface area (Å²) in [5.41, 5.74) is 1.23. The number of aromatic nitrogens is 4. The Bertz CT molecular complexity index is 1460. The number of aliphatic carboxylic acids is 1. The summed E-state index contributed by atoms with van der Waals surface area (Å²) >= 11 is 5.87. The van der Waals surface area contributed by atoms with Crippen LogP contribution in [0.3, 0.4) is 0 Å². The standard InChI is InChI=1S/C27H30ClFN6O4/c1-33-13-30-23(24(33)25(36)31-17-3-4-19(29)18(28)9-17)14-7-15-11-27(39,12-16(15)8-14)21-10-22(32-34(21)2)35-6-5-20(35)26(37)38/h3-4,9-10,13-16,20,39H,5-8,11-12H2,1-2H3,(H,31,36)(H,37,38). The summed E-state index contributed by atoms with van der Waals surface area (Å²) in [5, 5.41) is 28.4. The third-order valence-corrected chi connectivity index (χ3v) is 9.02. The van der Waals surface area contributed by atoms with E-state index in [1.165, 1.54) is 18.2 Å². The lowest BCUT2D eigenvalue weighted by Gasteiger charge is -2.38. The van der Waals surface area contributed by atoms with E-state index in [4.69, 9.17) is 11.6 Å². The molecule has 2 aliphatic carbocycles. The predicted octanol–water partition coefficient (Wildman–Crippen LogP) is 3.65. The van der Waals surface area contributed by atoms with Crippen LogP contribution in [0.15, 0.2) is 30.6 Å². The van der Waals surface area contributed by atoms with E-state index in [2.05, 4.69) is 15.4 Å². The summed E-state index contributed by atoms with van der Waals surface area (Å²) in [5.74, 6) is -0.595. The summed E-state index contributed by atoms with van der Waals surface area (Å²) in [7, 11) is 3.56. The van der Waals surface area contributed by atoms with E-state index in [0.29, 0.717) is 48.7 Å². The molecule has 1 amide bonds. The number of fused-ring (bicyclic) bond motifs is 1. The molecule has 2 aromatic heterocycles. The number of aliphatic hydroxyl groups is 1. The highest BCUT2D eigenvalue weighted by Gasteiger charge is 2.52. The lowest BCUT2D eigenvalue weighted by Crippen LogP contribution is -2.52. The molecule has 3 atom stereocenters. The van der Waals surface area contributed by atoms with Gasteiger partial charge in [-0.2, -0.15) is 5.10 Å². The number of carboxylic acid groups (broad SMARTS) is 1. The second-order valence-corrected chi connectivity index (χ2v) is 11.6. The van der Waals surface area contributed by atoms with Gasteiger partial charge in [0.25, 0.3) is 5.91 Å². The summed E-state index contributed by atoms with van der Waals surface area (Å²) in [6.07, 6.45) is 4.94. The van der Waals surface area contributed by atoms with Gasteiger partial charge in [-0.05, 0) is 62.1 Å². The Morgan fingerprint density at radius 3 is 2.51 bits per heavy atom. The minimum Gasteiger partial charge on any atom is -0.480 e. The van der Waals surface area contributed by atoms with Gasteiger partial charge >= 0.3 is 5.97 Å². The van der Waals surface area contributed by atoms with Crippen LogP contribution in [0.25, 0.3) is 0 Å². The molecule has 10 nitrogen and oxygen atoms in total. The van der Waals surface area contributed by atoms with E-state index >= 15 is 0 Å². The Morgan fingerprint density at radius 1 is 1.18 bits per heavy atom. The summed E-state index contributed by atoms with van der Waals surface area (Å²) in [6.45, 7) is 0.632. The van der Waals surface area contributed by atoms with E-state index in [1.807, 2.05) is 6.07 Å². The molecule has 3 aliphatic rings. The maximum atomic E-state index is 13.5. The van der Waals surface area contributed by atoms with Crippen molar-refractivity contribution in [3.63, 3.8) is 0 Å². The number of rotatable bonds is 6. The van der Waals surface area contributed by atoms with Crippen molar-refractivity contribution in [3.05, 3.63) is 58.5 Å². The minimum atomic E-state index is -1.05. The van der Waals surface area contributed by atoms with Crippen molar-refractivity contribution in [1.29, 1.82) is 0 Å². The highest BCUT2D eigenvalue weighted by molar-refractivity contribution is 6.31. The SMILES string of the molecule is Cn1cnc(C2CC3CC(O)(c4cc(N5CCC5C(=O)O)nn4C)CC3C2)c1C(=O)Nc1ccc(F)c(Cl)c1. The molecular formula is C27H30ClFN6O4. The van der Waals surface area contributed by atoms with Crippen LogP contribution in [0.4, 0.5) is 15.9 Å². The second-order valence-electron chi connectivity index (χ2n) is 11.1. The molecule has 12 heteroatoms. The molecule has 3 fully saturated rings. The third-order valence-electron chi connectivity index (χ3n) is 8.73. The molecule has 3 aromatic rings. The molecule has 3 heterocycles. The van der Waals surface area contributed by atoms with E-state index in [9.17, 15) is 24.2 Å². The van der Waals surface area contributed by atoms with Crippen LogP contribution >= 0.6 is 11.6 Å². The fourth-order valence-corrected chi connectivity index (χ4v) is 7.01. The molecule has 1 aromatic carbocycles. The average Bonchev–Trinajstić information content (AvgIpc) is 3.57.